The minimum Gasteiger partial charge on any atom is -0.382 e. The van der Waals surface area contributed by atoms with Crippen LogP contribution in [0.4, 0.5) is 5.82 Å². The Morgan fingerprint density at radius 2 is 2.04 bits per heavy atom. The highest BCUT2D eigenvalue weighted by atomic mass is 32.2. The summed E-state index contributed by atoms with van der Waals surface area (Å²) in [4.78, 5) is 16.8. The predicted molar refractivity (Wildman–Crippen MR) is 83.3 cm³/mol. The first-order chi connectivity index (χ1) is 10.8. The molecule has 0 aromatic carbocycles. The number of fused-ring (bicyclic) bond motifs is 1. The third-order valence-corrected chi connectivity index (χ3v) is 3.48. The van der Waals surface area contributed by atoms with Crippen molar-refractivity contribution in [3.8, 4) is 5.75 Å². The largest absolute Gasteiger partial charge is 0.382 e. The van der Waals surface area contributed by atoms with Gasteiger partial charge in [-0.2, -0.15) is 8.42 Å². The van der Waals surface area contributed by atoms with E-state index in [4.69, 9.17) is 9.92 Å². The number of rotatable bonds is 4. The Morgan fingerprint density at radius 1 is 1.26 bits per heavy atom. The van der Waals surface area contributed by atoms with Crippen molar-refractivity contribution in [1.29, 1.82) is 0 Å². The zero-order valence-corrected chi connectivity index (χ0v) is 13.3. The van der Waals surface area contributed by atoms with Gasteiger partial charge < -0.3 is 14.5 Å². The molecule has 120 valence electrons. The quantitative estimate of drug-likeness (QED) is 0.683. The lowest BCUT2D eigenvalue weighted by Gasteiger charge is -2.06. The maximum atomic E-state index is 11.1. The molecule has 0 saturated carbocycles. The number of hydrogen-bond acceptors (Lipinski definition) is 8. The smallest absolute Gasteiger partial charge is 0.306 e. The zero-order chi connectivity index (χ0) is 16.6. The van der Waals surface area contributed by atoms with Crippen LogP contribution in [0, 0.1) is 6.92 Å². The van der Waals surface area contributed by atoms with Gasteiger partial charge in [-0.15, -0.1) is 0 Å². The van der Waals surface area contributed by atoms with Crippen LogP contribution in [0.15, 0.2) is 24.7 Å². The van der Waals surface area contributed by atoms with Crippen LogP contribution >= 0.6 is 0 Å². The minimum atomic E-state index is -3.56. The summed E-state index contributed by atoms with van der Waals surface area (Å²) in [6.07, 6.45) is 3.94. The van der Waals surface area contributed by atoms with Crippen molar-refractivity contribution in [2.75, 3.05) is 12.0 Å². The van der Waals surface area contributed by atoms with Crippen LogP contribution in [-0.4, -0.2) is 39.2 Å². The molecule has 3 heterocycles. The molecule has 9 nitrogen and oxygen atoms in total. The second kappa shape index (κ2) is 5.47. The minimum absolute atomic E-state index is 0.161. The maximum absolute atomic E-state index is 11.1. The Kier molecular flexibility index (Phi) is 3.60. The first-order valence-corrected chi connectivity index (χ1v) is 8.43. The summed E-state index contributed by atoms with van der Waals surface area (Å²) in [5.41, 5.74) is 7.67. The molecule has 0 fully saturated rings. The fourth-order valence-electron chi connectivity index (χ4n) is 2.10. The second-order valence-corrected chi connectivity index (χ2v) is 6.55. The third kappa shape index (κ3) is 3.37. The number of anilines is 1. The molecule has 0 amide bonds. The molecular weight excluding hydrogens is 320 g/mol. The SMILES string of the molecule is Cc1nc(N)c2ncn(Cc3ccc(OS(C)(=O)=O)cn3)c2n1. The number of nitrogen functional groups attached to an aromatic ring is 1. The van der Waals surface area contributed by atoms with Crippen molar-refractivity contribution in [3.63, 3.8) is 0 Å². The van der Waals surface area contributed by atoms with E-state index in [0.717, 1.165) is 6.26 Å². The van der Waals surface area contributed by atoms with E-state index in [1.807, 2.05) is 0 Å². The van der Waals surface area contributed by atoms with E-state index in [-0.39, 0.29) is 5.75 Å². The van der Waals surface area contributed by atoms with Crippen LogP contribution < -0.4 is 9.92 Å². The van der Waals surface area contributed by atoms with Crippen molar-refractivity contribution < 1.29 is 12.6 Å². The van der Waals surface area contributed by atoms with Crippen molar-refractivity contribution in [2.45, 2.75) is 13.5 Å². The summed E-state index contributed by atoms with van der Waals surface area (Å²) >= 11 is 0. The van der Waals surface area contributed by atoms with Gasteiger partial charge in [0.15, 0.2) is 17.2 Å². The van der Waals surface area contributed by atoms with Crippen LogP contribution in [0.25, 0.3) is 11.2 Å². The molecule has 2 N–H and O–H groups in total. The van der Waals surface area contributed by atoms with E-state index in [1.54, 1.807) is 23.9 Å². The van der Waals surface area contributed by atoms with Crippen molar-refractivity contribution in [1.82, 2.24) is 24.5 Å². The summed E-state index contributed by atoms with van der Waals surface area (Å²) in [6.45, 7) is 2.16. The number of aromatic nitrogens is 5. The summed E-state index contributed by atoms with van der Waals surface area (Å²) in [5, 5.41) is 0. The van der Waals surface area contributed by atoms with Crippen LogP contribution in [0.1, 0.15) is 11.5 Å². The summed E-state index contributed by atoms with van der Waals surface area (Å²) in [5.74, 6) is 1.05. The van der Waals surface area contributed by atoms with Crippen molar-refractivity contribution in [3.05, 3.63) is 36.2 Å². The molecule has 0 aliphatic carbocycles. The Hall–Kier alpha value is -2.75. The summed E-state index contributed by atoms with van der Waals surface area (Å²) < 4.78 is 28.7. The molecule has 0 unspecified atom stereocenters. The molecule has 23 heavy (non-hydrogen) atoms. The number of pyridine rings is 1. The van der Waals surface area contributed by atoms with Crippen LogP contribution in [0.3, 0.4) is 0 Å². The van der Waals surface area contributed by atoms with E-state index in [1.165, 1.54) is 12.3 Å². The van der Waals surface area contributed by atoms with Crippen LogP contribution in [0.2, 0.25) is 0 Å². The fraction of sp³-hybridized carbons (Fsp3) is 0.231. The van der Waals surface area contributed by atoms with Gasteiger partial charge in [0.1, 0.15) is 11.3 Å². The Morgan fingerprint density at radius 3 is 2.70 bits per heavy atom. The Bertz CT molecular complexity index is 965. The van der Waals surface area contributed by atoms with E-state index >= 15 is 0 Å². The van der Waals surface area contributed by atoms with Gasteiger partial charge in [0, 0.05) is 0 Å². The van der Waals surface area contributed by atoms with Gasteiger partial charge in [0.25, 0.3) is 0 Å². The molecule has 3 aromatic rings. The third-order valence-electron chi connectivity index (χ3n) is 2.98. The standard InChI is InChI=1S/C13H14N6O3S/c1-8-17-12(14)11-13(18-8)19(7-16-11)6-9-3-4-10(5-15-9)22-23(2,20)21/h3-5,7H,6H2,1-2H3,(H2,14,17,18). The van der Waals surface area contributed by atoms with Gasteiger partial charge in [-0.05, 0) is 19.1 Å². The molecule has 0 radical (unpaired) electrons. The lowest BCUT2D eigenvalue weighted by molar-refractivity contribution is 0.491. The summed E-state index contributed by atoms with van der Waals surface area (Å²) in [6, 6.07) is 3.21. The zero-order valence-electron chi connectivity index (χ0n) is 12.5. The predicted octanol–water partition coefficient (Wildman–Crippen LogP) is 0.499. The number of hydrogen-bond donors (Lipinski definition) is 1. The monoisotopic (exact) mass is 334 g/mol. The maximum Gasteiger partial charge on any atom is 0.306 e. The Balaban J connectivity index is 1.88. The first-order valence-electron chi connectivity index (χ1n) is 6.61. The van der Waals surface area contributed by atoms with E-state index in [0.29, 0.717) is 35.0 Å². The Labute approximate surface area is 132 Å². The topological polar surface area (TPSA) is 126 Å². The van der Waals surface area contributed by atoms with Gasteiger partial charge in [0.2, 0.25) is 0 Å². The molecule has 3 aromatic heterocycles. The van der Waals surface area contributed by atoms with Gasteiger partial charge in [-0.25, -0.2) is 15.0 Å². The lowest BCUT2D eigenvalue weighted by atomic mass is 10.3. The van der Waals surface area contributed by atoms with E-state index in [9.17, 15) is 8.42 Å². The normalized spacial score (nSPS) is 11.7. The first kappa shape index (κ1) is 15.2. The molecular formula is C13H14N6O3S. The lowest BCUT2D eigenvalue weighted by Crippen LogP contribution is -2.07. The number of nitrogens with zero attached hydrogens (tertiary/aromatic N) is 5. The summed E-state index contributed by atoms with van der Waals surface area (Å²) in [7, 11) is -3.56. The van der Waals surface area contributed by atoms with Crippen molar-refractivity contribution >= 4 is 27.1 Å². The average Bonchev–Trinajstić information content (AvgIpc) is 2.83. The molecule has 0 aliphatic heterocycles. The number of imidazole rings is 1. The van der Waals surface area contributed by atoms with Crippen LogP contribution in [-0.2, 0) is 16.7 Å². The van der Waals surface area contributed by atoms with Gasteiger partial charge >= 0.3 is 10.1 Å². The number of aryl methyl sites for hydroxylation is 1. The van der Waals surface area contributed by atoms with Gasteiger partial charge in [-0.1, -0.05) is 0 Å². The molecule has 10 heteroatoms. The van der Waals surface area contributed by atoms with Crippen LogP contribution in [0.5, 0.6) is 5.75 Å². The molecule has 0 saturated heterocycles. The van der Waals surface area contributed by atoms with Gasteiger partial charge in [0.05, 0.1) is 31.0 Å². The number of nitrogens with two attached hydrogens (primary N) is 1. The highest BCUT2D eigenvalue weighted by molar-refractivity contribution is 7.86. The highest BCUT2D eigenvalue weighted by Crippen LogP contribution is 2.17. The highest BCUT2D eigenvalue weighted by Gasteiger charge is 2.11. The molecule has 3 rings (SSSR count). The second-order valence-electron chi connectivity index (χ2n) is 4.97. The fourth-order valence-corrected chi connectivity index (χ4v) is 2.55. The molecule has 0 spiro atoms. The molecule has 0 bridgehead atoms. The molecule has 0 aliphatic rings. The van der Waals surface area contributed by atoms with E-state index in [2.05, 4.69) is 19.9 Å². The van der Waals surface area contributed by atoms with Crippen molar-refractivity contribution in [2.24, 2.45) is 0 Å². The molecule has 0 atom stereocenters. The van der Waals surface area contributed by atoms with Gasteiger partial charge in [-0.3, -0.25) is 4.98 Å². The van der Waals surface area contributed by atoms with E-state index < -0.39 is 10.1 Å². The average molecular weight is 334 g/mol.